The minimum Gasteiger partial charge on any atom is -0.454 e. The number of nitrogens with one attached hydrogen (secondary N) is 2. The van der Waals surface area contributed by atoms with Crippen molar-refractivity contribution in [1.82, 2.24) is 30.2 Å². The molecule has 0 atom stereocenters. The number of aryl methyl sites for hydroxylation is 1. The number of hydrogen-bond acceptors (Lipinski definition) is 7. The summed E-state index contributed by atoms with van der Waals surface area (Å²) in [5.74, 6) is 2.26. The van der Waals surface area contributed by atoms with Crippen LogP contribution in [-0.2, 0) is 12.1 Å². The Kier molecular flexibility index (Phi) is 5.46. The minimum atomic E-state index is -0.288. The molecule has 0 fully saturated rings. The van der Waals surface area contributed by atoms with E-state index in [2.05, 4.69) is 40.5 Å². The normalized spacial score (nSPS) is 13.1. The van der Waals surface area contributed by atoms with Crippen molar-refractivity contribution >= 4 is 0 Å². The van der Waals surface area contributed by atoms with Crippen molar-refractivity contribution in [2.24, 2.45) is 0 Å². The van der Waals surface area contributed by atoms with Gasteiger partial charge in [-0.3, -0.25) is 4.57 Å². The van der Waals surface area contributed by atoms with Gasteiger partial charge in [0.2, 0.25) is 12.7 Å². The fourth-order valence-electron chi connectivity index (χ4n) is 3.20. The van der Waals surface area contributed by atoms with Crippen LogP contribution in [0.3, 0.4) is 0 Å². The third-order valence-corrected chi connectivity index (χ3v) is 4.85. The zero-order valence-electron chi connectivity index (χ0n) is 17.0. The van der Waals surface area contributed by atoms with Crippen molar-refractivity contribution < 1.29 is 9.47 Å². The second-order valence-electron chi connectivity index (χ2n) is 7.58. The predicted molar refractivity (Wildman–Crippen MR) is 109 cm³/mol. The van der Waals surface area contributed by atoms with Crippen LogP contribution in [0.1, 0.15) is 30.8 Å². The van der Waals surface area contributed by atoms with Crippen LogP contribution in [0, 0.1) is 6.92 Å². The van der Waals surface area contributed by atoms with Crippen LogP contribution in [0.4, 0.5) is 0 Å². The van der Waals surface area contributed by atoms with Gasteiger partial charge < -0.3 is 20.1 Å². The van der Waals surface area contributed by atoms with Crippen molar-refractivity contribution in [1.29, 1.82) is 0 Å². The third-order valence-electron chi connectivity index (χ3n) is 4.85. The molecule has 1 aliphatic rings. The molecule has 0 radical (unpaired) electrons. The first-order valence-electron chi connectivity index (χ1n) is 9.70. The summed E-state index contributed by atoms with van der Waals surface area (Å²) in [5.41, 5.74) is 2.76. The maximum Gasteiger partial charge on any atom is 0.235 e. The van der Waals surface area contributed by atoms with Crippen molar-refractivity contribution in [2.45, 2.75) is 32.9 Å². The first-order chi connectivity index (χ1) is 14.0. The maximum absolute atomic E-state index is 5.43. The lowest BCUT2D eigenvalue weighted by molar-refractivity contribution is 0.174. The Balaban J connectivity index is 1.31. The molecule has 152 valence electrons. The van der Waals surface area contributed by atoms with Gasteiger partial charge in [-0.05, 0) is 44.5 Å². The van der Waals surface area contributed by atoms with Gasteiger partial charge in [-0.2, -0.15) is 0 Å². The van der Waals surface area contributed by atoms with Gasteiger partial charge in [0, 0.05) is 37.7 Å². The molecule has 0 saturated carbocycles. The van der Waals surface area contributed by atoms with E-state index in [-0.39, 0.29) is 5.54 Å². The van der Waals surface area contributed by atoms with Crippen molar-refractivity contribution in [3.63, 3.8) is 0 Å². The average molecular weight is 394 g/mol. The molecule has 3 aromatic rings. The molecule has 29 heavy (non-hydrogen) atoms. The van der Waals surface area contributed by atoms with Crippen LogP contribution >= 0.6 is 0 Å². The van der Waals surface area contributed by atoms with Gasteiger partial charge in [0.05, 0.1) is 11.2 Å². The predicted octanol–water partition coefficient (Wildman–Crippen LogP) is 2.31. The van der Waals surface area contributed by atoms with E-state index in [1.165, 1.54) is 5.56 Å². The number of benzene rings is 1. The number of imidazole rings is 1. The molecule has 0 aliphatic carbocycles. The summed E-state index contributed by atoms with van der Waals surface area (Å²) in [7, 11) is 0. The number of fused-ring (bicyclic) bond motifs is 1. The quantitative estimate of drug-likeness (QED) is 0.567. The number of aromatic nitrogens is 4. The average Bonchev–Trinajstić information content (AvgIpc) is 3.38. The molecule has 0 unspecified atom stereocenters. The van der Waals surface area contributed by atoms with E-state index in [0.717, 1.165) is 42.5 Å². The highest BCUT2D eigenvalue weighted by Crippen LogP contribution is 2.32. The standard InChI is InChI=1S/C21H26N6O2/c1-15-10-19(26-20(25-15)27-9-8-23-13-27)21(2,3)24-7-6-22-12-16-4-5-17-18(11-16)29-14-28-17/h4-5,8-11,13,22,24H,6-7,12,14H2,1-3H3. The Labute approximate surface area is 170 Å². The zero-order chi connectivity index (χ0) is 20.3. The number of rotatable bonds is 8. The molecular weight excluding hydrogens is 368 g/mol. The number of nitrogens with zero attached hydrogens (tertiary/aromatic N) is 4. The van der Waals surface area contributed by atoms with Crippen LogP contribution in [-0.4, -0.2) is 39.4 Å². The minimum absolute atomic E-state index is 0.288. The highest BCUT2D eigenvalue weighted by Gasteiger charge is 2.23. The first-order valence-corrected chi connectivity index (χ1v) is 9.70. The second kappa shape index (κ2) is 8.18. The van der Waals surface area contributed by atoms with Crippen LogP contribution in [0.5, 0.6) is 11.5 Å². The molecule has 0 spiro atoms. The lowest BCUT2D eigenvalue weighted by Gasteiger charge is -2.26. The molecule has 4 rings (SSSR count). The topological polar surface area (TPSA) is 86.1 Å². The van der Waals surface area contributed by atoms with E-state index < -0.39 is 0 Å². The molecule has 2 aromatic heterocycles. The van der Waals surface area contributed by atoms with Crippen molar-refractivity contribution in [3.05, 3.63) is 59.9 Å². The highest BCUT2D eigenvalue weighted by atomic mass is 16.7. The van der Waals surface area contributed by atoms with Gasteiger partial charge >= 0.3 is 0 Å². The summed E-state index contributed by atoms with van der Waals surface area (Å²) in [6.07, 6.45) is 5.28. The van der Waals surface area contributed by atoms with Gasteiger partial charge in [0.1, 0.15) is 6.33 Å². The summed E-state index contributed by atoms with van der Waals surface area (Å²) in [4.78, 5) is 13.3. The Morgan fingerprint density at radius 3 is 2.79 bits per heavy atom. The van der Waals surface area contributed by atoms with E-state index in [9.17, 15) is 0 Å². The Morgan fingerprint density at radius 1 is 1.10 bits per heavy atom. The van der Waals surface area contributed by atoms with Gasteiger partial charge in [0.15, 0.2) is 11.5 Å². The molecule has 8 nitrogen and oxygen atoms in total. The molecule has 8 heteroatoms. The highest BCUT2D eigenvalue weighted by molar-refractivity contribution is 5.44. The molecule has 1 aromatic carbocycles. The Morgan fingerprint density at radius 2 is 1.97 bits per heavy atom. The lowest BCUT2D eigenvalue weighted by atomic mass is 9.99. The summed E-state index contributed by atoms with van der Waals surface area (Å²) >= 11 is 0. The van der Waals surface area contributed by atoms with Gasteiger partial charge in [0.25, 0.3) is 0 Å². The summed E-state index contributed by atoms with van der Waals surface area (Å²) in [6.45, 7) is 8.95. The van der Waals surface area contributed by atoms with Crippen LogP contribution in [0.2, 0.25) is 0 Å². The third kappa shape index (κ3) is 4.55. The van der Waals surface area contributed by atoms with Gasteiger partial charge in [-0.1, -0.05) is 6.07 Å². The summed E-state index contributed by atoms with van der Waals surface area (Å²) < 4.78 is 12.6. The fourth-order valence-corrected chi connectivity index (χ4v) is 3.20. The Hall–Kier alpha value is -2.97. The second-order valence-corrected chi connectivity index (χ2v) is 7.58. The molecule has 2 N–H and O–H groups in total. The van der Waals surface area contributed by atoms with Gasteiger partial charge in [-0.25, -0.2) is 15.0 Å². The largest absolute Gasteiger partial charge is 0.454 e. The van der Waals surface area contributed by atoms with E-state index in [1.54, 1.807) is 12.5 Å². The molecule has 0 bridgehead atoms. The molecule has 0 amide bonds. The summed E-state index contributed by atoms with van der Waals surface area (Å²) in [6, 6.07) is 8.05. The monoisotopic (exact) mass is 394 g/mol. The van der Waals surface area contributed by atoms with E-state index in [0.29, 0.717) is 12.7 Å². The van der Waals surface area contributed by atoms with E-state index >= 15 is 0 Å². The van der Waals surface area contributed by atoms with E-state index in [4.69, 9.17) is 14.5 Å². The SMILES string of the molecule is Cc1cc(C(C)(C)NCCNCc2ccc3c(c2)OCO3)nc(-n2ccnc2)n1. The summed E-state index contributed by atoms with van der Waals surface area (Å²) in [5, 5.41) is 7.04. The molecule has 0 saturated heterocycles. The molecule has 1 aliphatic heterocycles. The van der Waals surface area contributed by atoms with E-state index in [1.807, 2.05) is 35.9 Å². The van der Waals surface area contributed by atoms with Crippen LogP contribution < -0.4 is 20.1 Å². The molecular formula is C21H26N6O2. The van der Waals surface area contributed by atoms with Crippen LogP contribution in [0.15, 0.2) is 43.0 Å². The van der Waals surface area contributed by atoms with Crippen molar-refractivity contribution in [2.75, 3.05) is 19.9 Å². The van der Waals surface area contributed by atoms with Crippen LogP contribution in [0.25, 0.3) is 5.95 Å². The van der Waals surface area contributed by atoms with Gasteiger partial charge in [-0.15, -0.1) is 0 Å². The number of ether oxygens (including phenoxy) is 2. The first kappa shape index (κ1) is 19.4. The zero-order valence-corrected chi connectivity index (χ0v) is 17.0. The lowest BCUT2D eigenvalue weighted by Crippen LogP contribution is -2.41. The smallest absolute Gasteiger partial charge is 0.235 e. The van der Waals surface area contributed by atoms with Crippen molar-refractivity contribution in [3.8, 4) is 17.4 Å². The maximum atomic E-state index is 5.43. The Bertz CT molecular complexity index is 971. The number of hydrogen-bond donors (Lipinski definition) is 2. The molecule has 3 heterocycles. The fraction of sp³-hybridized carbons (Fsp3) is 0.381.